The summed E-state index contributed by atoms with van der Waals surface area (Å²) in [4.78, 5) is 44.6. The van der Waals surface area contributed by atoms with Gasteiger partial charge in [0, 0.05) is 37.7 Å². The van der Waals surface area contributed by atoms with E-state index in [0.29, 0.717) is 0 Å². The van der Waals surface area contributed by atoms with Crippen molar-refractivity contribution in [2.45, 2.75) is 13.8 Å². The van der Waals surface area contributed by atoms with Crippen LogP contribution in [0.5, 0.6) is 0 Å². The number of carbonyl (C=O) groups is 3. The van der Waals surface area contributed by atoms with Crippen LogP contribution in [-0.2, 0) is 9.53 Å². The lowest BCUT2D eigenvalue weighted by molar-refractivity contribution is -0.384. The van der Waals surface area contributed by atoms with E-state index < -0.39 is 16.8 Å². The monoisotopic (exact) mass is 323 g/mol. The molecule has 0 saturated heterocycles. The molecule has 0 aromatic heterocycles. The highest BCUT2D eigenvalue weighted by Gasteiger charge is 2.18. The van der Waals surface area contributed by atoms with E-state index in [1.807, 2.05) is 0 Å². The summed E-state index contributed by atoms with van der Waals surface area (Å²) < 4.78 is 4.78. The summed E-state index contributed by atoms with van der Waals surface area (Å²) >= 11 is 0. The molecule has 0 fully saturated rings. The zero-order valence-corrected chi connectivity index (χ0v) is 12.8. The maximum absolute atomic E-state index is 12.0. The van der Waals surface area contributed by atoms with Gasteiger partial charge in [-0.1, -0.05) is 0 Å². The first kappa shape index (κ1) is 18.1. The van der Waals surface area contributed by atoms with Crippen LogP contribution >= 0.6 is 0 Å². The van der Waals surface area contributed by atoms with Gasteiger partial charge in [-0.3, -0.25) is 19.7 Å². The smallest absolute Gasteiger partial charge is 0.338 e. The van der Waals surface area contributed by atoms with Crippen molar-refractivity contribution in [1.82, 2.24) is 10.6 Å². The van der Waals surface area contributed by atoms with E-state index in [2.05, 4.69) is 10.6 Å². The van der Waals surface area contributed by atoms with Crippen LogP contribution in [0.4, 0.5) is 5.69 Å². The summed E-state index contributed by atoms with van der Waals surface area (Å²) in [5, 5.41) is 15.9. The molecule has 2 amide bonds. The lowest BCUT2D eigenvalue weighted by Crippen LogP contribution is -2.33. The molecule has 0 aliphatic heterocycles. The molecule has 1 aromatic carbocycles. The van der Waals surface area contributed by atoms with Crippen LogP contribution in [0.25, 0.3) is 0 Å². The average Bonchev–Trinajstić information content (AvgIpc) is 2.50. The lowest BCUT2D eigenvalue weighted by Gasteiger charge is -2.07. The van der Waals surface area contributed by atoms with Gasteiger partial charge in [0.2, 0.25) is 5.91 Å². The van der Waals surface area contributed by atoms with Gasteiger partial charge in [-0.2, -0.15) is 0 Å². The molecule has 1 aromatic rings. The third kappa shape index (κ3) is 5.73. The van der Waals surface area contributed by atoms with Crippen molar-refractivity contribution in [2.24, 2.45) is 0 Å². The number of hydrogen-bond acceptors (Lipinski definition) is 6. The number of hydrogen-bond donors (Lipinski definition) is 2. The second-order valence-electron chi connectivity index (χ2n) is 4.49. The van der Waals surface area contributed by atoms with Crippen LogP contribution in [0.2, 0.25) is 0 Å². The number of non-ortho nitro benzene ring substituents is 1. The molecule has 0 aliphatic rings. The van der Waals surface area contributed by atoms with Gasteiger partial charge in [-0.15, -0.1) is 0 Å². The molecule has 2 N–H and O–H groups in total. The number of benzene rings is 1. The maximum Gasteiger partial charge on any atom is 0.338 e. The first-order valence-corrected chi connectivity index (χ1v) is 6.84. The van der Waals surface area contributed by atoms with E-state index in [9.17, 15) is 24.5 Å². The summed E-state index contributed by atoms with van der Waals surface area (Å²) in [7, 11) is 0. The zero-order valence-electron chi connectivity index (χ0n) is 12.8. The standard InChI is InChI=1S/C14H17N3O6/c1-3-23-14(20)11-6-10(7-12(8-11)17(21)22)13(19)16-5-4-15-9(2)18/h6-8H,3-5H2,1-2H3,(H,15,18)(H,16,19). The van der Waals surface area contributed by atoms with Crippen LogP contribution < -0.4 is 10.6 Å². The van der Waals surface area contributed by atoms with Crippen molar-refractivity contribution in [1.29, 1.82) is 0 Å². The normalized spacial score (nSPS) is 9.83. The third-order valence-corrected chi connectivity index (χ3v) is 2.69. The molecule has 0 bridgehead atoms. The Kier molecular flexibility index (Phi) is 6.66. The largest absolute Gasteiger partial charge is 0.462 e. The molecule has 124 valence electrons. The van der Waals surface area contributed by atoms with Crippen molar-refractivity contribution >= 4 is 23.5 Å². The van der Waals surface area contributed by atoms with Crippen LogP contribution in [0.1, 0.15) is 34.6 Å². The first-order valence-electron chi connectivity index (χ1n) is 6.84. The highest BCUT2D eigenvalue weighted by molar-refractivity contribution is 5.99. The van der Waals surface area contributed by atoms with E-state index in [1.54, 1.807) is 6.92 Å². The number of esters is 1. The minimum Gasteiger partial charge on any atom is -0.462 e. The number of amides is 2. The van der Waals surface area contributed by atoms with Gasteiger partial charge >= 0.3 is 5.97 Å². The Balaban J connectivity index is 2.91. The fourth-order valence-corrected chi connectivity index (χ4v) is 1.70. The SMILES string of the molecule is CCOC(=O)c1cc(C(=O)NCCNC(C)=O)cc([N+](=O)[O-])c1. The second-order valence-corrected chi connectivity index (χ2v) is 4.49. The lowest BCUT2D eigenvalue weighted by atomic mass is 10.1. The second kappa shape index (κ2) is 8.47. The Morgan fingerprint density at radius 1 is 1.13 bits per heavy atom. The molecule has 0 unspecified atom stereocenters. The minimum atomic E-state index is -0.747. The Morgan fingerprint density at radius 3 is 2.30 bits per heavy atom. The molecular formula is C14H17N3O6. The first-order chi connectivity index (χ1) is 10.8. The van der Waals surface area contributed by atoms with Gasteiger partial charge in [-0.25, -0.2) is 4.79 Å². The van der Waals surface area contributed by atoms with Crippen molar-refractivity contribution in [3.63, 3.8) is 0 Å². The number of rotatable bonds is 7. The van der Waals surface area contributed by atoms with Crippen LogP contribution in [0.15, 0.2) is 18.2 Å². The zero-order chi connectivity index (χ0) is 17.4. The van der Waals surface area contributed by atoms with Crippen LogP contribution in [0, 0.1) is 10.1 Å². The number of nitrogens with one attached hydrogen (secondary N) is 2. The van der Waals surface area contributed by atoms with Gasteiger partial charge in [0.15, 0.2) is 0 Å². The molecule has 0 aliphatic carbocycles. The van der Waals surface area contributed by atoms with E-state index in [-0.39, 0.29) is 42.4 Å². The van der Waals surface area contributed by atoms with Gasteiger partial charge in [0.1, 0.15) is 0 Å². The molecule has 9 nitrogen and oxygen atoms in total. The quantitative estimate of drug-likeness (QED) is 0.328. The summed E-state index contributed by atoms with van der Waals surface area (Å²) in [5.41, 5.74) is -0.499. The maximum atomic E-state index is 12.0. The van der Waals surface area contributed by atoms with Gasteiger partial charge in [0.05, 0.1) is 17.1 Å². The van der Waals surface area contributed by atoms with Crippen LogP contribution in [0.3, 0.4) is 0 Å². The molecule has 1 rings (SSSR count). The van der Waals surface area contributed by atoms with Gasteiger partial charge in [-0.05, 0) is 13.0 Å². The molecule has 0 spiro atoms. The minimum absolute atomic E-state index is 0.0370. The van der Waals surface area contributed by atoms with Gasteiger partial charge in [0.25, 0.3) is 11.6 Å². The van der Waals surface area contributed by atoms with Crippen molar-refractivity contribution < 1.29 is 24.0 Å². The summed E-state index contributed by atoms with van der Waals surface area (Å²) in [5.74, 6) is -1.58. The van der Waals surface area contributed by atoms with Crippen molar-refractivity contribution in [3.05, 3.63) is 39.4 Å². The molecule has 0 heterocycles. The number of nitrogens with zero attached hydrogens (tertiary/aromatic N) is 1. The predicted octanol–water partition coefficient (Wildman–Crippen LogP) is 0.637. The Hall–Kier alpha value is -2.97. The summed E-state index contributed by atoms with van der Waals surface area (Å²) in [6.45, 7) is 3.43. The number of nitro benzene ring substituents is 1. The third-order valence-electron chi connectivity index (χ3n) is 2.69. The Labute approximate surface area is 132 Å². The van der Waals surface area contributed by atoms with Crippen LogP contribution in [-0.4, -0.2) is 42.4 Å². The number of carbonyl (C=O) groups excluding carboxylic acids is 3. The molecular weight excluding hydrogens is 306 g/mol. The van der Waals surface area contributed by atoms with E-state index >= 15 is 0 Å². The number of ether oxygens (including phenoxy) is 1. The molecule has 0 radical (unpaired) electrons. The molecule has 0 atom stereocenters. The highest BCUT2D eigenvalue weighted by Crippen LogP contribution is 2.18. The predicted molar refractivity (Wildman–Crippen MR) is 80.1 cm³/mol. The molecule has 0 saturated carbocycles. The average molecular weight is 323 g/mol. The van der Waals surface area contributed by atoms with E-state index in [0.717, 1.165) is 12.1 Å². The topological polar surface area (TPSA) is 128 Å². The van der Waals surface area contributed by atoms with Crippen molar-refractivity contribution in [2.75, 3.05) is 19.7 Å². The fourth-order valence-electron chi connectivity index (χ4n) is 1.70. The number of nitro groups is 1. The molecule has 23 heavy (non-hydrogen) atoms. The van der Waals surface area contributed by atoms with E-state index in [4.69, 9.17) is 4.74 Å². The highest BCUT2D eigenvalue weighted by atomic mass is 16.6. The summed E-state index contributed by atoms with van der Waals surface area (Å²) in [6.07, 6.45) is 0. The van der Waals surface area contributed by atoms with E-state index in [1.165, 1.54) is 13.0 Å². The Morgan fingerprint density at radius 2 is 1.74 bits per heavy atom. The van der Waals surface area contributed by atoms with Gasteiger partial charge < -0.3 is 15.4 Å². The fraction of sp³-hybridized carbons (Fsp3) is 0.357. The molecule has 9 heteroatoms. The summed E-state index contributed by atoms with van der Waals surface area (Å²) in [6, 6.07) is 3.33. The van der Waals surface area contributed by atoms with Crippen molar-refractivity contribution in [3.8, 4) is 0 Å². The Bertz CT molecular complexity index is 629.